The molecule has 1 saturated carbocycles. The van der Waals surface area contributed by atoms with E-state index >= 15 is 0 Å². The summed E-state index contributed by atoms with van der Waals surface area (Å²) in [6, 6.07) is 0.235. The molecule has 1 heterocycles. The molecule has 0 saturated heterocycles. The predicted molar refractivity (Wildman–Crippen MR) is 73.0 cm³/mol. The van der Waals surface area contributed by atoms with Gasteiger partial charge < -0.3 is 15.4 Å². The third kappa shape index (κ3) is 3.38. The van der Waals surface area contributed by atoms with Crippen LogP contribution in [-0.2, 0) is 4.79 Å². The van der Waals surface area contributed by atoms with Gasteiger partial charge in [0.1, 0.15) is 10.6 Å². The highest BCUT2D eigenvalue weighted by Crippen LogP contribution is 2.26. The molecule has 8 heteroatoms. The topological polar surface area (TPSA) is 112 Å². The number of rotatable bonds is 5. The van der Waals surface area contributed by atoms with Crippen molar-refractivity contribution in [2.24, 2.45) is 0 Å². The number of aryl methyl sites for hydroxylation is 1. The van der Waals surface area contributed by atoms with Gasteiger partial charge in [-0.05, 0) is 26.7 Å². The molecule has 1 amide bonds. The summed E-state index contributed by atoms with van der Waals surface area (Å²) in [4.78, 5) is 40.4. The maximum atomic E-state index is 11.9. The van der Waals surface area contributed by atoms with Crippen LogP contribution in [0.2, 0.25) is 0 Å². The first kappa shape index (κ1) is 14.6. The van der Waals surface area contributed by atoms with Gasteiger partial charge >= 0.3 is 11.7 Å². The Labute approximate surface area is 119 Å². The molecule has 3 N–H and O–H groups in total. The van der Waals surface area contributed by atoms with Crippen molar-refractivity contribution in [2.75, 3.05) is 0 Å². The SMILES string of the molecule is Cc1[nH]c(=O)nc(SC(C)C(=O)NC2CC2)c1C(=O)O. The lowest BCUT2D eigenvalue weighted by molar-refractivity contribution is -0.120. The minimum absolute atomic E-state index is 0.0668. The first-order valence-corrected chi connectivity index (χ1v) is 7.07. The van der Waals surface area contributed by atoms with Crippen LogP contribution in [0.5, 0.6) is 0 Å². The zero-order valence-corrected chi connectivity index (χ0v) is 11.9. The first-order valence-electron chi connectivity index (χ1n) is 6.19. The van der Waals surface area contributed by atoms with Crippen LogP contribution in [0.25, 0.3) is 0 Å². The molecule has 1 aliphatic rings. The number of aromatic nitrogens is 2. The van der Waals surface area contributed by atoms with Gasteiger partial charge in [-0.3, -0.25) is 4.79 Å². The normalized spacial score (nSPS) is 15.7. The lowest BCUT2D eigenvalue weighted by Gasteiger charge is -2.12. The Kier molecular flexibility index (Phi) is 4.12. The van der Waals surface area contributed by atoms with Crippen molar-refractivity contribution < 1.29 is 14.7 Å². The average Bonchev–Trinajstić information content (AvgIpc) is 3.10. The number of aromatic amines is 1. The summed E-state index contributed by atoms with van der Waals surface area (Å²) in [5.74, 6) is -1.35. The number of hydrogen-bond donors (Lipinski definition) is 3. The smallest absolute Gasteiger partial charge is 0.346 e. The molecule has 0 aromatic carbocycles. The van der Waals surface area contributed by atoms with Crippen LogP contribution in [-0.4, -0.2) is 38.2 Å². The van der Waals surface area contributed by atoms with Crippen LogP contribution in [0, 0.1) is 6.92 Å². The van der Waals surface area contributed by atoms with Gasteiger partial charge in [0, 0.05) is 11.7 Å². The first-order chi connectivity index (χ1) is 9.38. The third-order valence-electron chi connectivity index (χ3n) is 2.88. The van der Waals surface area contributed by atoms with Gasteiger partial charge in [0.15, 0.2) is 0 Å². The van der Waals surface area contributed by atoms with Crippen molar-refractivity contribution in [3.05, 3.63) is 21.7 Å². The summed E-state index contributed by atoms with van der Waals surface area (Å²) < 4.78 is 0. The number of carbonyl (C=O) groups excluding carboxylic acids is 1. The van der Waals surface area contributed by atoms with E-state index in [-0.39, 0.29) is 28.2 Å². The molecule has 7 nitrogen and oxygen atoms in total. The van der Waals surface area contributed by atoms with Crippen molar-refractivity contribution in [1.82, 2.24) is 15.3 Å². The van der Waals surface area contributed by atoms with Crippen LogP contribution in [0.15, 0.2) is 9.82 Å². The fraction of sp³-hybridized carbons (Fsp3) is 0.500. The van der Waals surface area contributed by atoms with Gasteiger partial charge in [0.05, 0.1) is 5.25 Å². The van der Waals surface area contributed by atoms with Gasteiger partial charge in [-0.25, -0.2) is 9.59 Å². The van der Waals surface area contributed by atoms with Gasteiger partial charge in [0.2, 0.25) is 5.91 Å². The van der Waals surface area contributed by atoms with E-state index in [2.05, 4.69) is 15.3 Å². The quantitative estimate of drug-likeness (QED) is 0.540. The Morgan fingerprint density at radius 3 is 2.70 bits per heavy atom. The monoisotopic (exact) mass is 297 g/mol. The molecule has 1 aromatic rings. The summed E-state index contributed by atoms with van der Waals surface area (Å²) >= 11 is 0.981. The molecular formula is C12H15N3O4S. The van der Waals surface area contributed by atoms with Gasteiger partial charge in [0.25, 0.3) is 0 Å². The Morgan fingerprint density at radius 1 is 1.50 bits per heavy atom. The van der Waals surface area contributed by atoms with Crippen molar-refractivity contribution in [3.8, 4) is 0 Å². The number of hydrogen-bond acceptors (Lipinski definition) is 5. The number of H-pyrrole nitrogens is 1. The molecular weight excluding hydrogens is 282 g/mol. The van der Waals surface area contributed by atoms with Crippen molar-refractivity contribution >= 4 is 23.6 Å². The minimum atomic E-state index is -1.18. The Bertz CT molecular complexity index is 609. The molecule has 0 bridgehead atoms. The van der Waals surface area contributed by atoms with Crippen LogP contribution in [0.3, 0.4) is 0 Å². The fourth-order valence-corrected chi connectivity index (χ4v) is 2.67. The van der Waals surface area contributed by atoms with Gasteiger partial charge in [-0.15, -0.1) is 0 Å². The molecule has 1 aromatic heterocycles. The van der Waals surface area contributed by atoms with Crippen LogP contribution in [0.1, 0.15) is 35.8 Å². The zero-order valence-electron chi connectivity index (χ0n) is 11.1. The molecule has 2 rings (SSSR count). The highest BCUT2D eigenvalue weighted by Gasteiger charge is 2.27. The van der Waals surface area contributed by atoms with E-state index in [1.165, 1.54) is 6.92 Å². The number of aromatic carboxylic acids is 1. The number of nitrogens with zero attached hydrogens (tertiary/aromatic N) is 1. The van der Waals surface area contributed by atoms with Gasteiger partial charge in [-0.2, -0.15) is 4.98 Å². The Morgan fingerprint density at radius 2 is 2.15 bits per heavy atom. The summed E-state index contributed by atoms with van der Waals surface area (Å²) in [6.07, 6.45) is 1.96. The van der Waals surface area contributed by atoms with E-state index in [1.54, 1.807) is 6.92 Å². The van der Waals surface area contributed by atoms with Crippen LogP contribution in [0.4, 0.5) is 0 Å². The second-order valence-corrected chi connectivity index (χ2v) is 6.02. The number of carboxylic acid groups (broad SMARTS) is 1. The fourth-order valence-electron chi connectivity index (χ4n) is 1.66. The lowest BCUT2D eigenvalue weighted by atomic mass is 10.2. The number of carboxylic acids is 1. The lowest BCUT2D eigenvalue weighted by Crippen LogP contribution is -2.33. The van der Waals surface area contributed by atoms with Crippen LogP contribution < -0.4 is 11.0 Å². The van der Waals surface area contributed by atoms with E-state index in [0.29, 0.717) is 0 Å². The van der Waals surface area contributed by atoms with E-state index in [4.69, 9.17) is 5.11 Å². The van der Waals surface area contributed by atoms with Crippen molar-refractivity contribution in [1.29, 1.82) is 0 Å². The Hall–Kier alpha value is -1.83. The van der Waals surface area contributed by atoms with Crippen molar-refractivity contribution in [2.45, 2.75) is 43.0 Å². The van der Waals surface area contributed by atoms with E-state index in [0.717, 1.165) is 24.6 Å². The molecule has 1 unspecified atom stereocenters. The summed E-state index contributed by atoms with van der Waals surface area (Å²) in [5, 5.41) is 11.6. The Balaban J connectivity index is 2.20. The van der Waals surface area contributed by atoms with E-state index < -0.39 is 16.9 Å². The molecule has 0 aliphatic heterocycles. The minimum Gasteiger partial charge on any atom is -0.478 e. The zero-order chi connectivity index (χ0) is 14.9. The summed E-state index contributed by atoms with van der Waals surface area (Å²) in [7, 11) is 0. The molecule has 1 aliphatic carbocycles. The average molecular weight is 297 g/mol. The molecule has 20 heavy (non-hydrogen) atoms. The molecule has 1 atom stereocenters. The maximum Gasteiger partial charge on any atom is 0.346 e. The highest BCUT2D eigenvalue weighted by atomic mass is 32.2. The highest BCUT2D eigenvalue weighted by molar-refractivity contribution is 8.00. The largest absolute Gasteiger partial charge is 0.478 e. The van der Waals surface area contributed by atoms with Crippen LogP contribution >= 0.6 is 11.8 Å². The standard InChI is InChI=1S/C12H15N3O4S/c1-5-8(11(17)18)10(15-12(19)13-5)20-6(2)9(16)14-7-3-4-7/h6-7H,3-4H2,1-2H3,(H,14,16)(H,17,18)(H,13,15,19). The molecule has 108 valence electrons. The van der Waals surface area contributed by atoms with E-state index in [1.807, 2.05) is 0 Å². The maximum absolute atomic E-state index is 11.9. The summed E-state index contributed by atoms with van der Waals surface area (Å²) in [6.45, 7) is 3.15. The van der Waals surface area contributed by atoms with Crippen molar-refractivity contribution in [3.63, 3.8) is 0 Å². The number of amides is 1. The predicted octanol–water partition coefficient (Wildman–Crippen LogP) is 0.536. The number of nitrogens with one attached hydrogen (secondary N) is 2. The second kappa shape index (κ2) is 5.66. The number of thioether (sulfide) groups is 1. The second-order valence-electron chi connectivity index (χ2n) is 4.70. The van der Waals surface area contributed by atoms with Gasteiger partial charge in [-0.1, -0.05) is 11.8 Å². The molecule has 0 radical (unpaired) electrons. The number of carbonyl (C=O) groups is 2. The molecule has 0 spiro atoms. The molecule has 1 fully saturated rings. The third-order valence-corrected chi connectivity index (χ3v) is 3.97. The van der Waals surface area contributed by atoms with E-state index in [9.17, 15) is 14.4 Å². The summed E-state index contributed by atoms with van der Waals surface area (Å²) in [5.41, 5.74) is -0.458.